The molecule has 0 fully saturated rings. The van der Waals surface area contributed by atoms with Gasteiger partial charge in [-0.15, -0.1) is 10.2 Å². The first-order chi connectivity index (χ1) is 19.0. The number of rotatable bonds is 10. The van der Waals surface area contributed by atoms with Crippen LogP contribution in [0.15, 0.2) is 71.8 Å². The Morgan fingerprint density at radius 3 is 2.49 bits per heavy atom. The van der Waals surface area contributed by atoms with Gasteiger partial charge in [-0.2, -0.15) is 5.21 Å². The Morgan fingerprint density at radius 1 is 1.00 bits per heavy atom. The number of carbonyl (C=O) groups excluding carboxylic acids is 1. The molecule has 198 valence electrons. The SMILES string of the molecule is CCCCc1cn(-c2c(CC)cccc2C(C)=O)c(=O)n1Cc1ccc(-c2ccccc2-c2nn[nH]n2)nc1. The highest BCUT2D eigenvalue weighted by atomic mass is 16.2. The molecule has 0 saturated heterocycles. The number of nitrogens with zero attached hydrogens (tertiary/aromatic N) is 6. The molecular weight excluding hydrogens is 490 g/mol. The first kappa shape index (κ1) is 26.0. The summed E-state index contributed by atoms with van der Waals surface area (Å²) in [7, 11) is 0. The van der Waals surface area contributed by atoms with Gasteiger partial charge in [0.2, 0.25) is 5.82 Å². The van der Waals surface area contributed by atoms with Crippen LogP contribution in [-0.4, -0.2) is 40.5 Å². The van der Waals surface area contributed by atoms with Crippen LogP contribution in [0.5, 0.6) is 0 Å². The van der Waals surface area contributed by atoms with Gasteiger partial charge in [-0.3, -0.25) is 18.9 Å². The van der Waals surface area contributed by atoms with Crippen LogP contribution in [0.25, 0.3) is 28.3 Å². The van der Waals surface area contributed by atoms with E-state index in [4.69, 9.17) is 4.98 Å². The number of aromatic amines is 1. The van der Waals surface area contributed by atoms with Crippen molar-refractivity contribution in [2.45, 2.75) is 53.0 Å². The Labute approximate surface area is 226 Å². The maximum atomic E-state index is 13.8. The molecule has 1 N–H and O–H groups in total. The fourth-order valence-electron chi connectivity index (χ4n) is 4.90. The topological polar surface area (TPSA) is 111 Å². The molecule has 0 aliphatic carbocycles. The van der Waals surface area contributed by atoms with Crippen LogP contribution in [0.4, 0.5) is 0 Å². The Bertz CT molecular complexity index is 1650. The number of carbonyl (C=O) groups is 1. The molecule has 0 amide bonds. The summed E-state index contributed by atoms with van der Waals surface area (Å²) < 4.78 is 3.46. The van der Waals surface area contributed by atoms with Crippen molar-refractivity contribution in [3.05, 3.63) is 99.9 Å². The second kappa shape index (κ2) is 11.4. The zero-order valence-corrected chi connectivity index (χ0v) is 22.4. The van der Waals surface area contributed by atoms with Crippen molar-refractivity contribution in [2.75, 3.05) is 0 Å². The molecule has 0 aliphatic heterocycles. The number of tetrazole rings is 1. The van der Waals surface area contributed by atoms with Crippen LogP contribution in [0.2, 0.25) is 0 Å². The third-order valence-electron chi connectivity index (χ3n) is 6.92. The number of ketones is 1. The summed E-state index contributed by atoms with van der Waals surface area (Å²) in [6, 6.07) is 17.4. The first-order valence-corrected chi connectivity index (χ1v) is 13.2. The molecule has 2 aromatic carbocycles. The van der Waals surface area contributed by atoms with Gasteiger partial charge in [0, 0.05) is 34.8 Å². The lowest BCUT2D eigenvalue weighted by Gasteiger charge is -2.12. The predicted molar refractivity (Wildman–Crippen MR) is 150 cm³/mol. The van der Waals surface area contributed by atoms with E-state index >= 15 is 0 Å². The van der Waals surface area contributed by atoms with E-state index in [1.165, 1.54) is 0 Å². The van der Waals surface area contributed by atoms with Crippen molar-refractivity contribution in [2.24, 2.45) is 0 Å². The summed E-state index contributed by atoms with van der Waals surface area (Å²) in [4.78, 5) is 31.0. The Kier molecular flexibility index (Phi) is 7.58. The van der Waals surface area contributed by atoms with Crippen molar-refractivity contribution < 1.29 is 4.79 Å². The van der Waals surface area contributed by atoms with E-state index < -0.39 is 0 Å². The standard InChI is InChI=1S/C30H31N7O2/c1-4-6-11-23-19-37(28-22(5-2)10-9-14-24(28)20(3)38)30(39)36(23)18-21-15-16-27(31-17-21)25-12-7-8-13-26(25)29-32-34-35-33-29/h7-10,12-17,19H,4-6,11,18H2,1-3H3,(H,32,33,34,35). The summed E-state index contributed by atoms with van der Waals surface area (Å²) >= 11 is 0. The van der Waals surface area contributed by atoms with Crippen molar-refractivity contribution in [3.8, 4) is 28.3 Å². The molecule has 0 bridgehead atoms. The number of imidazole rings is 1. The summed E-state index contributed by atoms with van der Waals surface area (Å²) in [6.07, 6.45) is 7.17. The summed E-state index contributed by atoms with van der Waals surface area (Å²) in [5.74, 6) is 0.443. The average Bonchev–Trinajstić information content (AvgIpc) is 3.61. The summed E-state index contributed by atoms with van der Waals surface area (Å²) in [5.41, 5.74) is 6.40. The fourth-order valence-corrected chi connectivity index (χ4v) is 4.90. The highest BCUT2D eigenvalue weighted by Crippen LogP contribution is 2.28. The zero-order valence-electron chi connectivity index (χ0n) is 22.4. The van der Waals surface area contributed by atoms with E-state index in [1.807, 2.05) is 61.7 Å². The average molecular weight is 522 g/mol. The quantitative estimate of drug-likeness (QED) is 0.258. The molecular formula is C30H31N7O2. The first-order valence-electron chi connectivity index (χ1n) is 13.2. The van der Waals surface area contributed by atoms with Crippen molar-refractivity contribution >= 4 is 5.78 Å². The van der Waals surface area contributed by atoms with Crippen molar-refractivity contribution in [1.29, 1.82) is 0 Å². The van der Waals surface area contributed by atoms with Crippen LogP contribution in [-0.2, 0) is 19.4 Å². The normalized spacial score (nSPS) is 11.2. The number of H-pyrrole nitrogens is 1. The van der Waals surface area contributed by atoms with E-state index in [0.29, 0.717) is 23.6 Å². The summed E-state index contributed by atoms with van der Waals surface area (Å²) in [5, 5.41) is 14.4. The lowest BCUT2D eigenvalue weighted by Crippen LogP contribution is -2.26. The van der Waals surface area contributed by atoms with Gasteiger partial charge in [-0.1, -0.05) is 62.7 Å². The third-order valence-corrected chi connectivity index (χ3v) is 6.92. The predicted octanol–water partition coefficient (Wildman–Crippen LogP) is 5.04. The number of pyridine rings is 1. The molecule has 3 heterocycles. The van der Waals surface area contributed by atoms with Crippen LogP contribution < -0.4 is 5.69 Å². The molecule has 9 nitrogen and oxygen atoms in total. The zero-order chi connectivity index (χ0) is 27.4. The van der Waals surface area contributed by atoms with Gasteiger partial charge in [-0.25, -0.2) is 4.79 Å². The minimum absolute atomic E-state index is 0.0593. The van der Waals surface area contributed by atoms with Gasteiger partial charge in [0.25, 0.3) is 0 Å². The molecule has 0 saturated carbocycles. The van der Waals surface area contributed by atoms with Crippen LogP contribution in [0.1, 0.15) is 60.8 Å². The van der Waals surface area contributed by atoms with Gasteiger partial charge < -0.3 is 0 Å². The maximum Gasteiger partial charge on any atom is 0.333 e. The van der Waals surface area contributed by atoms with Gasteiger partial charge in [0.05, 0.1) is 17.9 Å². The number of aromatic nitrogens is 7. The molecule has 0 unspecified atom stereocenters. The Morgan fingerprint density at radius 2 is 1.82 bits per heavy atom. The second-order valence-corrected chi connectivity index (χ2v) is 9.52. The number of benzene rings is 2. The Hall–Kier alpha value is -4.66. The number of Topliss-reactive ketones (excluding diaryl/α,β-unsaturated/α-hetero) is 1. The van der Waals surface area contributed by atoms with Crippen molar-refractivity contribution in [3.63, 3.8) is 0 Å². The monoisotopic (exact) mass is 521 g/mol. The van der Waals surface area contributed by atoms with Gasteiger partial charge in [-0.05, 0) is 54.7 Å². The highest BCUT2D eigenvalue weighted by Gasteiger charge is 2.19. The lowest BCUT2D eigenvalue weighted by atomic mass is 10.0. The minimum Gasteiger partial charge on any atom is -0.294 e. The molecule has 0 radical (unpaired) electrons. The largest absolute Gasteiger partial charge is 0.333 e. The smallest absolute Gasteiger partial charge is 0.294 e. The molecule has 39 heavy (non-hydrogen) atoms. The van der Waals surface area contributed by atoms with Crippen molar-refractivity contribution in [1.82, 2.24) is 34.7 Å². The van der Waals surface area contributed by atoms with E-state index in [9.17, 15) is 9.59 Å². The molecule has 0 atom stereocenters. The highest BCUT2D eigenvalue weighted by molar-refractivity contribution is 5.98. The van der Waals surface area contributed by atoms with Crippen LogP contribution >= 0.6 is 0 Å². The molecule has 0 spiro atoms. The number of hydrogen-bond donors (Lipinski definition) is 1. The Balaban J connectivity index is 1.53. The number of nitrogens with one attached hydrogen (secondary N) is 1. The molecule has 5 aromatic rings. The molecule has 9 heteroatoms. The number of unbranched alkanes of at least 4 members (excludes halogenated alkanes) is 1. The number of para-hydroxylation sites is 1. The summed E-state index contributed by atoms with van der Waals surface area (Å²) in [6.45, 7) is 6.10. The second-order valence-electron chi connectivity index (χ2n) is 9.52. The number of hydrogen-bond acceptors (Lipinski definition) is 6. The molecule has 0 aliphatic rings. The molecule has 3 aromatic heterocycles. The van der Waals surface area contributed by atoms with Gasteiger partial charge >= 0.3 is 5.69 Å². The fraction of sp³-hybridized carbons (Fsp3) is 0.267. The van der Waals surface area contributed by atoms with Crippen LogP contribution in [0, 0.1) is 0 Å². The van der Waals surface area contributed by atoms with Gasteiger partial charge in [0.15, 0.2) is 5.78 Å². The van der Waals surface area contributed by atoms with Crippen LogP contribution in [0.3, 0.4) is 0 Å². The number of aryl methyl sites for hydroxylation is 2. The lowest BCUT2D eigenvalue weighted by molar-refractivity contribution is 0.101. The van der Waals surface area contributed by atoms with Gasteiger partial charge in [0.1, 0.15) is 0 Å². The third kappa shape index (κ3) is 5.20. The minimum atomic E-state index is -0.156. The van der Waals surface area contributed by atoms with E-state index in [-0.39, 0.29) is 11.5 Å². The maximum absolute atomic E-state index is 13.8. The van der Waals surface area contributed by atoms with E-state index in [1.54, 1.807) is 28.3 Å². The molecule has 5 rings (SSSR count). The van der Waals surface area contributed by atoms with E-state index in [0.717, 1.165) is 59.3 Å². The van der Waals surface area contributed by atoms with E-state index in [2.05, 4.69) is 27.5 Å².